The predicted octanol–water partition coefficient (Wildman–Crippen LogP) is 2.65. The quantitative estimate of drug-likeness (QED) is 0.521. The number of ether oxygens (including phenoxy) is 1. The molecule has 4 aromatic heterocycles. The van der Waals surface area contributed by atoms with Crippen molar-refractivity contribution in [2.24, 2.45) is 0 Å². The van der Waals surface area contributed by atoms with Crippen LogP contribution in [0, 0.1) is 0 Å². The van der Waals surface area contributed by atoms with Crippen molar-refractivity contribution in [1.29, 1.82) is 0 Å². The zero-order chi connectivity index (χ0) is 17.7. The molecule has 0 unspecified atom stereocenters. The highest BCUT2D eigenvalue weighted by Gasteiger charge is 2.36. The third-order valence-electron chi connectivity index (χ3n) is 4.51. The number of rotatable bonds is 3. The van der Waals surface area contributed by atoms with Crippen molar-refractivity contribution in [2.45, 2.75) is 26.1 Å². The Hall–Kier alpha value is -3.33. The number of nitrogens with one attached hydrogen (secondary N) is 3. The molecule has 9 heteroatoms. The van der Waals surface area contributed by atoms with E-state index in [4.69, 9.17) is 14.7 Å². The summed E-state index contributed by atoms with van der Waals surface area (Å²) in [6, 6.07) is 1.88. The minimum Gasteiger partial charge on any atom is -0.364 e. The second-order valence-corrected chi connectivity index (χ2v) is 6.63. The molecule has 0 radical (unpaired) electrons. The Kier molecular flexibility index (Phi) is 3.07. The normalized spacial score (nSPS) is 15.3. The van der Waals surface area contributed by atoms with E-state index in [1.54, 1.807) is 24.8 Å². The first kappa shape index (κ1) is 15.0. The standard InChI is InChI=1S/C17H16N8O/c1-17(2)13-11(8-26-17)15(22-14(21-13)9-5-19-20-6-9)23-16-10-7-18-4-3-12(10)24-25-16/h3-7H,8H2,1-2H3,(H,19,20)(H2,21,22,23,24,25). The monoisotopic (exact) mass is 348 g/mol. The van der Waals surface area contributed by atoms with E-state index in [0.29, 0.717) is 24.1 Å². The summed E-state index contributed by atoms with van der Waals surface area (Å²) in [7, 11) is 0. The Bertz CT molecular complexity index is 1100. The number of hydrogen-bond donors (Lipinski definition) is 3. The maximum Gasteiger partial charge on any atom is 0.165 e. The molecule has 0 aromatic carbocycles. The predicted molar refractivity (Wildman–Crippen MR) is 94.6 cm³/mol. The van der Waals surface area contributed by atoms with Gasteiger partial charge in [-0.1, -0.05) is 0 Å². The molecule has 0 saturated heterocycles. The van der Waals surface area contributed by atoms with Crippen molar-refractivity contribution < 1.29 is 4.74 Å². The van der Waals surface area contributed by atoms with Crippen LogP contribution < -0.4 is 5.32 Å². The minimum absolute atomic E-state index is 0.441. The van der Waals surface area contributed by atoms with Gasteiger partial charge in [0.1, 0.15) is 11.4 Å². The molecule has 0 bridgehead atoms. The van der Waals surface area contributed by atoms with Crippen LogP contribution in [0.25, 0.3) is 22.3 Å². The van der Waals surface area contributed by atoms with Gasteiger partial charge in [0.2, 0.25) is 0 Å². The maximum absolute atomic E-state index is 5.92. The van der Waals surface area contributed by atoms with Gasteiger partial charge in [0.25, 0.3) is 0 Å². The molecule has 0 saturated carbocycles. The SMILES string of the molecule is CC1(C)OCc2c(Nc3n[nH]c4ccncc34)nc(-c3cn[nH]c3)nc21. The lowest BCUT2D eigenvalue weighted by Crippen LogP contribution is -2.17. The summed E-state index contributed by atoms with van der Waals surface area (Å²) in [4.78, 5) is 13.6. The van der Waals surface area contributed by atoms with E-state index >= 15 is 0 Å². The topological polar surface area (TPSA) is 117 Å². The Morgan fingerprint density at radius 2 is 2.12 bits per heavy atom. The van der Waals surface area contributed by atoms with Gasteiger partial charge in [-0.3, -0.25) is 15.2 Å². The van der Waals surface area contributed by atoms with Gasteiger partial charge in [-0.15, -0.1) is 0 Å². The lowest BCUT2D eigenvalue weighted by Gasteiger charge is -2.18. The summed E-state index contributed by atoms with van der Waals surface area (Å²) in [5.74, 6) is 1.92. The highest BCUT2D eigenvalue weighted by molar-refractivity contribution is 5.90. The number of hydrogen-bond acceptors (Lipinski definition) is 7. The van der Waals surface area contributed by atoms with E-state index in [1.165, 1.54) is 0 Å². The highest BCUT2D eigenvalue weighted by atomic mass is 16.5. The Labute approximate surface area is 148 Å². The fourth-order valence-corrected chi connectivity index (χ4v) is 3.11. The largest absolute Gasteiger partial charge is 0.364 e. The molecule has 3 N–H and O–H groups in total. The number of aromatic nitrogens is 7. The third kappa shape index (κ3) is 2.25. The van der Waals surface area contributed by atoms with Crippen molar-refractivity contribution in [3.8, 4) is 11.4 Å². The summed E-state index contributed by atoms with van der Waals surface area (Å²) >= 11 is 0. The van der Waals surface area contributed by atoms with E-state index < -0.39 is 5.60 Å². The first-order valence-electron chi connectivity index (χ1n) is 8.21. The number of aromatic amines is 2. The van der Waals surface area contributed by atoms with Crippen LogP contribution in [0.1, 0.15) is 25.1 Å². The molecule has 0 atom stereocenters. The van der Waals surface area contributed by atoms with Crippen LogP contribution in [0.2, 0.25) is 0 Å². The summed E-state index contributed by atoms with van der Waals surface area (Å²) in [6.45, 7) is 4.45. The van der Waals surface area contributed by atoms with Gasteiger partial charge in [-0.25, -0.2) is 9.97 Å². The minimum atomic E-state index is -0.484. The Balaban J connectivity index is 1.66. The van der Waals surface area contributed by atoms with Crippen LogP contribution in [0.5, 0.6) is 0 Å². The molecule has 4 aromatic rings. The summed E-state index contributed by atoms with van der Waals surface area (Å²) in [5, 5.41) is 18.3. The Morgan fingerprint density at radius 1 is 1.19 bits per heavy atom. The molecule has 1 aliphatic heterocycles. The van der Waals surface area contributed by atoms with Crippen LogP contribution in [0.3, 0.4) is 0 Å². The highest BCUT2D eigenvalue weighted by Crippen LogP contribution is 2.39. The average molecular weight is 348 g/mol. The zero-order valence-electron chi connectivity index (χ0n) is 14.2. The smallest absolute Gasteiger partial charge is 0.165 e. The van der Waals surface area contributed by atoms with E-state index in [0.717, 1.165) is 27.7 Å². The van der Waals surface area contributed by atoms with Crippen molar-refractivity contribution in [3.05, 3.63) is 42.1 Å². The van der Waals surface area contributed by atoms with Crippen molar-refractivity contribution >= 4 is 22.5 Å². The Morgan fingerprint density at radius 3 is 2.96 bits per heavy atom. The van der Waals surface area contributed by atoms with E-state index in [2.05, 4.69) is 30.7 Å². The van der Waals surface area contributed by atoms with Crippen LogP contribution in [0.15, 0.2) is 30.9 Å². The molecule has 5 rings (SSSR count). The lowest BCUT2D eigenvalue weighted by atomic mass is 10.0. The summed E-state index contributed by atoms with van der Waals surface area (Å²) < 4.78 is 5.92. The van der Waals surface area contributed by atoms with Crippen LogP contribution in [0.4, 0.5) is 11.6 Å². The van der Waals surface area contributed by atoms with E-state index in [-0.39, 0.29) is 0 Å². The van der Waals surface area contributed by atoms with Gasteiger partial charge in [-0.05, 0) is 19.9 Å². The first-order valence-corrected chi connectivity index (χ1v) is 8.21. The third-order valence-corrected chi connectivity index (χ3v) is 4.51. The van der Waals surface area contributed by atoms with E-state index in [1.807, 2.05) is 19.9 Å². The second kappa shape index (κ2) is 5.33. The van der Waals surface area contributed by atoms with Crippen molar-refractivity contribution in [1.82, 2.24) is 35.3 Å². The number of anilines is 2. The summed E-state index contributed by atoms with van der Waals surface area (Å²) in [6.07, 6.45) is 6.95. The van der Waals surface area contributed by atoms with E-state index in [9.17, 15) is 0 Å². The second-order valence-electron chi connectivity index (χ2n) is 6.63. The molecule has 26 heavy (non-hydrogen) atoms. The molecule has 5 heterocycles. The maximum atomic E-state index is 5.92. The molecule has 9 nitrogen and oxygen atoms in total. The van der Waals surface area contributed by atoms with Crippen LogP contribution >= 0.6 is 0 Å². The molecule has 0 spiro atoms. The summed E-state index contributed by atoms with van der Waals surface area (Å²) in [5.41, 5.74) is 3.03. The van der Waals surface area contributed by atoms with Gasteiger partial charge >= 0.3 is 0 Å². The lowest BCUT2D eigenvalue weighted by molar-refractivity contribution is -0.00995. The molecule has 130 valence electrons. The number of fused-ring (bicyclic) bond motifs is 2. The van der Waals surface area contributed by atoms with Crippen LogP contribution in [-0.4, -0.2) is 35.3 Å². The average Bonchev–Trinajstić information content (AvgIpc) is 3.36. The zero-order valence-corrected chi connectivity index (χ0v) is 14.2. The van der Waals surface area contributed by atoms with Gasteiger partial charge < -0.3 is 10.1 Å². The van der Waals surface area contributed by atoms with Gasteiger partial charge in [0.15, 0.2) is 11.6 Å². The molecule has 0 amide bonds. The van der Waals surface area contributed by atoms with Crippen molar-refractivity contribution in [3.63, 3.8) is 0 Å². The van der Waals surface area contributed by atoms with Gasteiger partial charge in [0.05, 0.1) is 35.0 Å². The van der Waals surface area contributed by atoms with Gasteiger partial charge in [-0.2, -0.15) is 10.2 Å². The van der Waals surface area contributed by atoms with Crippen LogP contribution in [-0.2, 0) is 16.9 Å². The molecule has 1 aliphatic rings. The first-order chi connectivity index (χ1) is 12.6. The molecular formula is C17H16N8O. The fraction of sp³-hybridized carbons (Fsp3) is 0.235. The number of H-pyrrole nitrogens is 2. The van der Waals surface area contributed by atoms with Crippen molar-refractivity contribution in [2.75, 3.05) is 5.32 Å². The fourth-order valence-electron chi connectivity index (χ4n) is 3.11. The molecule has 0 aliphatic carbocycles. The number of pyridine rings is 1. The van der Waals surface area contributed by atoms with Gasteiger partial charge in [0, 0.05) is 24.2 Å². The number of nitrogens with zero attached hydrogens (tertiary/aromatic N) is 5. The molecular weight excluding hydrogens is 332 g/mol. The molecule has 0 fully saturated rings.